The number of hydrogen-bond donors (Lipinski definition) is 3. The van der Waals surface area contributed by atoms with Crippen LogP contribution in [0.25, 0.3) is 0 Å². The van der Waals surface area contributed by atoms with Crippen LogP contribution in [0, 0.1) is 0 Å². The largest absolute Gasteiger partial charge is 0.378 e. The molecular formula is C22H29N7O2. The zero-order chi connectivity index (χ0) is 21.0. The Hall–Kier alpha value is -2.91. The first-order valence-corrected chi connectivity index (χ1v) is 11.2. The molecule has 0 bridgehead atoms. The highest BCUT2D eigenvalue weighted by atomic mass is 16.5. The third-order valence-electron chi connectivity index (χ3n) is 6.05. The molecule has 3 aliphatic heterocycles. The summed E-state index contributed by atoms with van der Waals surface area (Å²) in [6.07, 6.45) is 4.77. The van der Waals surface area contributed by atoms with Crippen molar-refractivity contribution in [1.82, 2.24) is 20.8 Å². The smallest absolute Gasteiger partial charge is 0.271 e. The van der Waals surface area contributed by atoms with Crippen LogP contribution in [0.4, 0.5) is 23.1 Å². The van der Waals surface area contributed by atoms with E-state index in [4.69, 9.17) is 14.7 Å². The van der Waals surface area contributed by atoms with Gasteiger partial charge in [-0.1, -0.05) is 12.8 Å². The van der Waals surface area contributed by atoms with Gasteiger partial charge in [0.25, 0.3) is 5.91 Å². The molecule has 0 saturated carbocycles. The molecule has 9 heteroatoms. The maximum absolute atomic E-state index is 12.6. The molecular weight excluding hydrogens is 394 g/mol. The number of hydrogen-bond acceptors (Lipinski definition) is 8. The Morgan fingerprint density at radius 2 is 1.65 bits per heavy atom. The van der Waals surface area contributed by atoms with E-state index in [2.05, 4.69) is 38.1 Å². The second-order valence-electron chi connectivity index (χ2n) is 8.17. The van der Waals surface area contributed by atoms with Crippen molar-refractivity contribution in [3.8, 4) is 0 Å². The van der Waals surface area contributed by atoms with E-state index in [0.29, 0.717) is 23.9 Å². The average Bonchev–Trinajstić information content (AvgIpc) is 3.10. The number of amides is 1. The second kappa shape index (κ2) is 9.07. The van der Waals surface area contributed by atoms with Gasteiger partial charge in [-0.2, -0.15) is 4.98 Å². The van der Waals surface area contributed by atoms with E-state index in [1.165, 1.54) is 18.5 Å². The Bertz CT molecular complexity index is 920. The lowest BCUT2D eigenvalue weighted by atomic mass is 10.1. The van der Waals surface area contributed by atoms with E-state index in [9.17, 15) is 4.79 Å². The van der Waals surface area contributed by atoms with Gasteiger partial charge in [0.05, 0.1) is 25.5 Å². The number of nitrogens with one attached hydrogen (secondary N) is 3. The molecule has 9 nitrogen and oxygen atoms in total. The highest BCUT2D eigenvalue weighted by Crippen LogP contribution is 2.28. The number of hydrazine groups is 1. The van der Waals surface area contributed by atoms with Gasteiger partial charge in [0.2, 0.25) is 5.95 Å². The van der Waals surface area contributed by atoms with Crippen molar-refractivity contribution in [2.75, 3.05) is 54.5 Å². The topological polar surface area (TPSA) is 94.7 Å². The van der Waals surface area contributed by atoms with Gasteiger partial charge < -0.3 is 19.9 Å². The maximum atomic E-state index is 12.6. The van der Waals surface area contributed by atoms with Crippen molar-refractivity contribution in [1.29, 1.82) is 0 Å². The third-order valence-corrected chi connectivity index (χ3v) is 6.05. The normalized spacial score (nSPS) is 19.4. The van der Waals surface area contributed by atoms with Crippen LogP contribution in [0.2, 0.25) is 0 Å². The summed E-state index contributed by atoms with van der Waals surface area (Å²) in [6.45, 7) is 5.70. The van der Waals surface area contributed by atoms with Gasteiger partial charge in [-0.05, 0) is 37.1 Å². The van der Waals surface area contributed by atoms with Gasteiger partial charge in [-0.3, -0.25) is 10.2 Å². The summed E-state index contributed by atoms with van der Waals surface area (Å²) in [6, 6.07) is 8.25. The van der Waals surface area contributed by atoms with Gasteiger partial charge in [-0.25, -0.2) is 10.4 Å². The lowest BCUT2D eigenvalue weighted by Gasteiger charge is -2.29. The molecule has 31 heavy (non-hydrogen) atoms. The Balaban J connectivity index is 1.43. The molecule has 4 heterocycles. The Morgan fingerprint density at radius 1 is 0.903 bits per heavy atom. The Morgan fingerprint density at radius 3 is 2.39 bits per heavy atom. The zero-order valence-electron chi connectivity index (χ0n) is 17.7. The quantitative estimate of drug-likeness (QED) is 0.689. The predicted molar refractivity (Wildman–Crippen MR) is 120 cm³/mol. The molecule has 0 radical (unpaired) electrons. The summed E-state index contributed by atoms with van der Waals surface area (Å²) in [5.41, 5.74) is 8.90. The van der Waals surface area contributed by atoms with Crippen LogP contribution in [0.15, 0.2) is 24.3 Å². The zero-order valence-corrected chi connectivity index (χ0v) is 17.7. The average molecular weight is 424 g/mol. The van der Waals surface area contributed by atoms with Gasteiger partial charge in [0, 0.05) is 37.6 Å². The summed E-state index contributed by atoms with van der Waals surface area (Å²) in [7, 11) is 0. The lowest BCUT2D eigenvalue weighted by molar-refractivity contribution is 0.0919. The molecule has 164 valence electrons. The number of anilines is 4. The number of ether oxygens (including phenoxy) is 1. The third kappa shape index (κ3) is 4.42. The molecule has 3 N–H and O–H groups in total. The molecule has 0 spiro atoms. The molecule has 1 aromatic heterocycles. The van der Waals surface area contributed by atoms with Crippen LogP contribution in [0.5, 0.6) is 0 Å². The second-order valence-corrected chi connectivity index (χ2v) is 8.17. The minimum Gasteiger partial charge on any atom is -0.378 e. The monoisotopic (exact) mass is 423 g/mol. The van der Waals surface area contributed by atoms with Gasteiger partial charge in [0.15, 0.2) is 0 Å². The maximum Gasteiger partial charge on any atom is 0.271 e. The van der Waals surface area contributed by atoms with E-state index in [1.807, 2.05) is 12.1 Å². The highest BCUT2D eigenvalue weighted by Gasteiger charge is 2.26. The molecule has 2 saturated heterocycles. The first-order chi connectivity index (χ1) is 15.3. The van der Waals surface area contributed by atoms with Crippen molar-refractivity contribution in [2.24, 2.45) is 0 Å². The number of nitrogens with zero attached hydrogens (tertiary/aromatic N) is 4. The standard InChI is InChI=1S/C22H29N7O2/c30-21-19-18(15-23-27-21)25-22(29-9-3-1-2-4-10-29)26-20(19)24-16-5-7-17(8-6-16)28-11-13-31-14-12-28/h5-8,23H,1-4,9-15H2,(H,27,30)(H,24,25,26). The van der Waals surface area contributed by atoms with E-state index < -0.39 is 0 Å². The van der Waals surface area contributed by atoms with Gasteiger partial charge in [-0.15, -0.1) is 0 Å². The highest BCUT2D eigenvalue weighted by molar-refractivity contribution is 6.01. The minimum atomic E-state index is -0.212. The van der Waals surface area contributed by atoms with Crippen LogP contribution in [-0.2, 0) is 11.3 Å². The van der Waals surface area contributed by atoms with Crippen molar-refractivity contribution >= 4 is 29.0 Å². The number of rotatable bonds is 4. The fraction of sp³-hybridized carbons (Fsp3) is 0.500. The van der Waals surface area contributed by atoms with Crippen molar-refractivity contribution in [3.63, 3.8) is 0 Å². The summed E-state index contributed by atoms with van der Waals surface area (Å²) in [5, 5.41) is 3.38. The van der Waals surface area contributed by atoms with Crippen molar-refractivity contribution < 1.29 is 9.53 Å². The summed E-state index contributed by atoms with van der Waals surface area (Å²) >= 11 is 0. The predicted octanol–water partition coefficient (Wildman–Crippen LogP) is 2.19. The van der Waals surface area contributed by atoms with Crippen molar-refractivity contribution in [3.05, 3.63) is 35.5 Å². The number of morpholine rings is 1. The number of aromatic nitrogens is 2. The van der Waals surface area contributed by atoms with Crippen LogP contribution in [0.1, 0.15) is 41.7 Å². The van der Waals surface area contributed by atoms with Gasteiger partial charge in [0.1, 0.15) is 11.4 Å². The van der Waals surface area contributed by atoms with E-state index in [1.54, 1.807) is 0 Å². The summed E-state index contributed by atoms with van der Waals surface area (Å²) in [4.78, 5) is 26.7. The number of benzene rings is 1. The summed E-state index contributed by atoms with van der Waals surface area (Å²) in [5.74, 6) is 1.04. The number of carbonyl (C=O) groups excluding carboxylic acids is 1. The lowest BCUT2D eigenvalue weighted by Crippen LogP contribution is -2.43. The molecule has 2 fully saturated rings. The molecule has 0 aliphatic carbocycles. The molecule has 0 atom stereocenters. The fourth-order valence-corrected chi connectivity index (χ4v) is 4.35. The molecule has 3 aliphatic rings. The molecule has 1 aromatic carbocycles. The number of carbonyl (C=O) groups is 1. The SMILES string of the molecule is O=C1NNCc2nc(N3CCCCCC3)nc(Nc3ccc(N4CCOCC4)cc3)c21. The fourth-order valence-electron chi connectivity index (χ4n) is 4.35. The molecule has 2 aromatic rings. The van der Waals surface area contributed by atoms with Crippen LogP contribution < -0.4 is 26.0 Å². The van der Waals surface area contributed by atoms with E-state index in [-0.39, 0.29) is 5.91 Å². The first-order valence-electron chi connectivity index (χ1n) is 11.2. The van der Waals surface area contributed by atoms with E-state index >= 15 is 0 Å². The Labute approximate surface area is 182 Å². The van der Waals surface area contributed by atoms with Crippen LogP contribution in [0.3, 0.4) is 0 Å². The molecule has 5 rings (SSSR count). The van der Waals surface area contributed by atoms with Crippen LogP contribution >= 0.6 is 0 Å². The summed E-state index contributed by atoms with van der Waals surface area (Å²) < 4.78 is 5.44. The molecule has 0 unspecified atom stereocenters. The van der Waals surface area contributed by atoms with Crippen LogP contribution in [-0.4, -0.2) is 55.3 Å². The molecule has 1 amide bonds. The minimum absolute atomic E-state index is 0.212. The van der Waals surface area contributed by atoms with Gasteiger partial charge >= 0.3 is 0 Å². The number of fused-ring (bicyclic) bond motifs is 1. The Kier molecular flexibility index (Phi) is 5.86. The van der Waals surface area contributed by atoms with E-state index in [0.717, 1.165) is 63.6 Å². The first kappa shape index (κ1) is 20.0. The van der Waals surface area contributed by atoms with Crippen molar-refractivity contribution in [2.45, 2.75) is 32.2 Å².